The monoisotopic (exact) mass is 772 g/mol. The maximum atomic E-state index is 14.0. The summed E-state index contributed by atoms with van der Waals surface area (Å²) in [4.78, 5) is 34.7. The predicted molar refractivity (Wildman–Crippen MR) is 170 cm³/mol. The maximum absolute atomic E-state index is 14.0. The van der Waals surface area contributed by atoms with Crippen LogP contribution in [0.3, 0.4) is 0 Å². The minimum absolute atomic E-state index is 0. The molecule has 0 atom stereocenters. The van der Waals surface area contributed by atoms with E-state index in [9.17, 15) is 45.4 Å². The molecule has 0 saturated carbocycles. The standard InChI is InChI=1S/C29H22N8O10S2.3Na/c30-14-6-8-16(9-7-14)33-36-25-21(48(42,43)44)13-19-22(23(25)31)27(39)26(37-34-17-10-11-20(38)18(12-17)29(40)41)28(49(45,46)47)24(19)35-32-15-4-2-1-3-5-15;;;/h1-13,32,35H,30-31H2,(H,40,41)(H,42,43,44)(H,45,46,47);;;/q;3*+1/p-3/b34-17+,36-33?,37-26-;;;. The number of nitrogen functional groups attached to an aromatic ring is 2. The first-order chi connectivity index (χ1) is 23.1. The number of para-hydroxylation sites is 1. The number of nitrogens with one attached hydrogen (secondary N) is 2. The molecule has 0 heterocycles. The van der Waals surface area contributed by atoms with E-state index in [0.29, 0.717) is 11.8 Å². The Morgan fingerprint density at radius 1 is 0.788 bits per heavy atom. The van der Waals surface area contributed by atoms with Crippen LogP contribution in [-0.4, -0.2) is 54.9 Å². The summed E-state index contributed by atoms with van der Waals surface area (Å²) in [6.07, 6.45) is 2.51. The molecule has 6 N–H and O–H groups in total. The minimum atomic E-state index is -5.72. The number of hydrogen-bond acceptors (Lipinski definition) is 18. The van der Waals surface area contributed by atoms with Gasteiger partial charge in [0.25, 0.3) is 0 Å². The molecule has 3 aromatic carbocycles. The largest absolute Gasteiger partial charge is 1.00 e. The molecule has 0 saturated heterocycles. The number of carbonyl (C=O) groups excluding carboxylic acids is 3. The first-order valence-electron chi connectivity index (χ1n) is 13.4. The van der Waals surface area contributed by atoms with Gasteiger partial charge < -0.3 is 35.9 Å². The van der Waals surface area contributed by atoms with Crippen molar-refractivity contribution < 1.29 is 134 Å². The van der Waals surface area contributed by atoms with Crippen LogP contribution in [0.1, 0.15) is 15.9 Å². The summed E-state index contributed by atoms with van der Waals surface area (Å²) in [6.45, 7) is 0. The topological polar surface area (TPSA) is 314 Å². The Kier molecular flexibility index (Phi) is 15.6. The molecule has 2 aliphatic rings. The molecule has 18 nitrogen and oxygen atoms in total. The summed E-state index contributed by atoms with van der Waals surface area (Å²) in [5, 5.41) is 26.3. The van der Waals surface area contributed by atoms with Crippen molar-refractivity contribution in [3.05, 3.63) is 100 Å². The number of allylic oxidation sites excluding steroid dienone is 4. The summed E-state index contributed by atoms with van der Waals surface area (Å²) in [5.41, 5.74) is 11.7. The molecule has 2 aliphatic carbocycles. The van der Waals surface area contributed by atoms with Crippen LogP contribution in [0.2, 0.25) is 0 Å². The molecular weight excluding hydrogens is 753 g/mol. The van der Waals surface area contributed by atoms with Gasteiger partial charge in [-0.3, -0.25) is 15.0 Å². The van der Waals surface area contributed by atoms with Gasteiger partial charge in [0.2, 0.25) is 5.78 Å². The van der Waals surface area contributed by atoms with Crippen molar-refractivity contribution in [2.75, 3.05) is 16.9 Å². The van der Waals surface area contributed by atoms with Crippen molar-refractivity contribution in [1.82, 2.24) is 5.43 Å². The molecule has 52 heavy (non-hydrogen) atoms. The van der Waals surface area contributed by atoms with E-state index >= 15 is 0 Å². The van der Waals surface area contributed by atoms with E-state index < -0.39 is 87.1 Å². The summed E-state index contributed by atoms with van der Waals surface area (Å²) in [5.74, 6) is -4.21. The van der Waals surface area contributed by atoms with Crippen molar-refractivity contribution in [2.24, 2.45) is 20.4 Å². The molecule has 250 valence electrons. The van der Waals surface area contributed by atoms with Crippen molar-refractivity contribution in [1.29, 1.82) is 0 Å². The smallest absolute Gasteiger partial charge is 0.744 e. The first kappa shape index (κ1) is 44.8. The van der Waals surface area contributed by atoms with E-state index in [2.05, 4.69) is 31.3 Å². The normalized spacial score (nSPS) is 15.7. The molecule has 0 amide bonds. The van der Waals surface area contributed by atoms with Gasteiger partial charge in [0.05, 0.1) is 44.9 Å². The molecule has 0 spiro atoms. The number of ketones is 2. The number of hydrazine groups is 1. The number of benzene rings is 3. The van der Waals surface area contributed by atoms with Crippen molar-refractivity contribution in [2.45, 2.75) is 4.90 Å². The second-order valence-corrected chi connectivity index (χ2v) is 12.6. The molecule has 0 radical (unpaired) electrons. The number of hydrogen-bond donors (Lipinski definition) is 4. The number of carbonyl (C=O) groups is 3. The van der Waals surface area contributed by atoms with E-state index in [1.54, 1.807) is 18.2 Å². The van der Waals surface area contributed by atoms with E-state index in [0.717, 1.165) is 18.2 Å². The maximum Gasteiger partial charge on any atom is 1.00 e. The third-order valence-electron chi connectivity index (χ3n) is 6.69. The van der Waals surface area contributed by atoms with E-state index in [-0.39, 0.29) is 106 Å². The zero-order chi connectivity index (χ0) is 35.7. The average molecular weight is 773 g/mol. The third kappa shape index (κ3) is 9.99. The van der Waals surface area contributed by atoms with Crippen LogP contribution in [0.15, 0.2) is 115 Å². The molecule has 5 rings (SSSR count). The summed E-state index contributed by atoms with van der Waals surface area (Å²) in [6, 6.07) is 14.1. The van der Waals surface area contributed by atoms with Crippen LogP contribution < -0.4 is 116 Å². The van der Waals surface area contributed by atoms with Crippen LogP contribution in [-0.2, 0) is 29.8 Å². The number of nitrogens with zero attached hydrogens (tertiary/aromatic N) is 4. The van der Waals surface area contributed by atoms with Gasteiger partial charge in [-0.1, -0.05) is 18.2 Å². The number of fused-ring (bicyclic) bond motifs is 1. The number of carboxylic acid groups (broad SMARTS) is 1. The van der Waals surface area contributed by atoms with E-state index in [4.69, 9.17) is 11.5 Å². The Balaban J connectivity index is 0.00000312. The van der Waals surface area contributed by atoms with Gasteiger partial charge in [-0.25, -0.2) is 16.8 Å². The van der Waals surface area contributed by atoms with Crippen molar-refractivity contribution >= 4 is 83.3 Å². The number of Topliss-reactive ketones (excluding diaryl/α,β-unsaturated/α-hetero) is 1. The van der Waals surface area contributed by atoms with Crippen LogP contribution in [0.25, 0.3) is 5.70 Å². The average Bonchev–Trinajstić information content (AvgIpc) is 3.03. The van der Waals surface area contributed by atoms with Gasteiger partial charge in [0.1, 0.15) is 30.8 Å². The molecular formula is C29H19N8Na3O10S2. The second kappa shape index (κ2) is 18.1. The first-order valence-corrected chi connectivity index (χ1v) is 16.2. The zero-order valence-electron chi connectivity index (χ0n) is 27.3. The van der Waals surface area contributed by atoms with Crippen LogP contribution in [0.5, 0.6) is 0 Å². The summed E-state index contributed by atoms with van der Waals surface area (Å²) >= 11 is 0. The SMILES string of the molecule is Nc1ccc(N=Nc2c(S(=O)(=O)[O-])cc3c(c2N)C(=O)/C(=N/N=C2\C=CC(=O)C(C(=O)[O-])=C2)C(S(=O)(=O)[O-])=C3NNc2ccccc2)cc1.[Na+].[Na+].[Na+]. The zero-order valence-corrected chi connectivity index (χ0v) is 35.0. The Morgan fingerprint density at radius 3 is 2.00 bits per heavy atom. The second-order valence-electron chi connectivity index (χ2n) is 9.93. The molecule has 23 heteroatoms. The van der Waals surface area contributed by atoms with E-state index in [1.807, 2.05) is 0 Å². The van der Waals surface area contributed by atoms with Crippen molar-refractivity contribution in [3.8, 4) is 0 Å². The van der Waals surface area contributed by atoms with Gasteiger partial charge in [0, 0.05) is 16.8 Å². The summed E-state index contributed by atoms with van der Waals surface area (Å²) in [7, 11) is -11.2. The van der Waals surface area contributed by atoms with Gasteiger partial charge in [0.15, 0.2) is 11.5 Å². The Morgan fingerprint density at radius 2 is 1.42 bits per heavy atom. The number of aliphatic carboxylic acids is 1. The number of anilines is 3. The van der Waals surface area contributed by atoms with Gasteiger partial charge >= 0.3 is 88.7 Å². The fourth-order valence-corrected chi connectivity index (χ4v) is 5.91. The fraction of sp³-hybridized carbons (Fsp3) is 0. The Hall–Kier alpha value is -3.35. The van der Waals surface area contributed by atoms with Crippen LogP contribution >= 0.6 is 0 Å². The Labute approximate surface area is 361 Å². The number of rotatable bonds is 9. The van der Waals surface area contributed by atoms with Gasteiger partial charge in [-0.2, -0.15) is 10.2 Å². The van der Waals surface area contributed by atoms with Gasteiger partial charge in [-0.05, 0) is 60.7 Å². The van der Waals surface area contributed by atoms with E-state index in [1.165, 1.54) is 36.4 Å². The van der Waals surface area contributed by atoms with Crippen LogP contribution in [0.4, 0.5) is 28.4 Å². The minimum Gasteiger partial charge on any atom is -0.744 e. The quantitative estimate of drug-likeness (QED) is 0.0299. The number of carboxylic acids is 1. The van der Waals surface area contributed by atoms with Gasteiger partial charge in [-0.15, -0.1) is 10.2 Å². The molecule has 0 aliphatic heterocycles. The van der Waals surface area contributed by atoms with Crippen molar-refractivity contribution in [3.63, 3.8) is 0 Å². The third-order valence-corrected chi connectivity index (χ3v) is 8.44. The summed E-state index contributed by atoms with van der Waals surface area (Å²) < 4.78 is 75.6. The molecule has 0 aromatic heterocycles. The Bertz CT molecular complexity index is 2360. The van der Waals surface area contributed by atoms with Crippen LogP contribution in [0, 0.1) is 0 Å². The number of nitrogens with two attached hydrogens (primary N) is 2. The molecule has 0 bridgehead atoms. The number of azo groups is 1. The molecule has 0 fully saturated rings. The molecule has 0 unspecified atom stereocenters. The molecule has 3 aromatic rings. The predicted octanol–water partition coefficient (Wildman–Crippen LogP) is -8.18. The fourth-order valence-electron chi connectivity index (χ4n) is 4.48.